The number of rotatable bonds is 2. The first-order valence-electron chi connectivity index (χ1n) is 5.80. The minimum atomic E-state index is 0.701. The van der Waals surface area contributed by atoms with Crippen LogP contribution < -0.4 is 4.90 Å². The van der Waals surface area contributed by atoms with Crippen molar-refractivity contribution in [1.82, 2.24) is 0 Å². The lowest BCUT2D eigenvalue weighted by atomic mass is 10.2. The molecule has 0 bridgehead atoms. The standard InChI is InChI=1S/C13H15BrN2S/c1-2-12-9-16(5-6-17-12)11-4-3-10(8-15)13(14)7-11/h3-4,7,12H,2,5-6,9H2,1H3. The predicted molar refractivity (Wildman–Crippen MR) is 77.6 cm³/mol. The molecule has 1 saturated heterocycles. The van der Waals surface area contributed by atoms with Gasteiger partial charge in [-0.15, -0.1) is 0 Å². The molecule has 1 aromatic carbocycles. The third-order valence-electron chi connectivity index (χ3n) is 3.03. The van der Waals surface area contributed by atoms with E-state index in [-0.39, 0.29) is 0 Å². The fourth-order valence-electron chi connectivity index (χ4n) is 1.99. The molecule has 0 amide bonds. The number of thioether (sulfide) groups is 1. The smallest absolute Gasteiger partial charge is 0.100 e. The fraction of sp³-hybridized carbons (Fsp3) is 0.462. The van der Waals surface area contributed by atoms with Crippen molar-refractivity contribution in [3.63, 3.8) is 0 Å². The monoisotopic (exact) mass is 310 g/mol. The molecule has 0 aliphatic carbocycles. The van der Waals surface area contributed by atoms with E-state index in [1.54, 1.807) is 0 Å². The molecule has 1 aliphatic rings. The van der Waals surface area contributed by atoms with Crippen molar-refractivity contribution in [2.24, 2.45) is 0 Å². The van der Waals surface area contributed by atoms with E-state index in [1.165, 1.54) is 17.9 Å². The second-order valence-electron chi connectivity index (χ2n) is 4.12. The van der Waals surface area contributed by atoms with Crippen molar-refractivity contribution < 1.29 is 0 Å². The minimum Gasteiger partial charge on any atom is -0.370 e. The SMILES string of the molecule is CCC1CN(c2ccc(C#N)c(Br)c2)CCS1. The normalized spacial score (nSPS) is 20.1. The van der Waals surface area contributed by atoms with Gasteiger partial charge in [-0.1, -0.05) is 6.92 Å². The Morgan fingerprint density at radius 2 is 2.41 bits per heavy atom. The number of benzene rings is 1. The van der Waals surface area contributed by atoms with E-state index in [1.807, 2.05) is 12.1 Å². The molecular weight excluding hydrogens is 296 g/mol. The zero-order chi connectivity index (χ0) is 12.3. The Kier molecular flexibility index (Phi) is 4.36. The molecule has 1 aromatic rings. The first-order valence-corrected chi connectivity index (χ1v) is 7.65. The molecule has 0 N–H and O–H groups in total. The average Bonchev–Trinajstić information content (AvgIpc) is 2.38. The number of hydrogen-bond donors (Lipinski definition) is 0. The fourth-order valence-corrected chi connectivity index (χ4v) is 3.63. The minimum absolute atomic E-state index is 0.701. The maximum Gasteiger partial charge on any atom is 0.100 e. The van der Waals surface area contributed by atoms with Crippen LogP contribution >= 0.6 is 27.7 Å². The van der Waals surface area contributed by atoms with Crippen molar-refractivity contribution in [3.05, 3.63) is 28.2 Å². The summed E-state index contributed by atoms with van der Waals surface area (Å²) in [6.07, 6.45) is 1.22. The Labute approximate surface area is 115 Å². The Bertz CT molecular complexity index is 442. The zero-order valence-corrected chi connectivity index (χ0v) is 12.2. The second-order valence-corrected chi connectivity index (χ2v) is 6.39. The van der Waals surface area contributed by atoms with Gasteiger partial charge in [0.15, 0.2) is 0 Å². The van der Waals surface area contributed by atoms with Crippen LogP contribution in [0.2, 0.25) is 0 Å². The molecule has 17 heavy (non-hydrogen) atoms. The van der Waals surface area contributed by atoms with E-state index in [2.05, 4.69) is 51.7 Å². The lowest BCUT2D eigenvalue weighted by molar-refractivity contribution is 0.728. The first kappa shape index (κ1) is 12.8. The summed E-state index contributed by atoms with van der Waals surface area (Å²) in [6.45, 7) is 4.45. The van der Waals surface area contributed by atoms with Crippen LogP contribution in [0.25, 0.3) is 0 Å². The van der Waals surface area contributed by atoms with E-state index >= 15 is 0 Å². The van der Waals surface area contributed by atoms with Crippen LogP contribution in [0.5, 0.6) is 0 Å². The van der Waals surface area contributed by atoms with Crippen molar-refractivity contribution in [2.45, 2.75) is 18.6 Å². The van der Waals surface area contributed by atoms with Gasteiger partial charge in [-0.3, -0.25) is 0 Å². The summed E-state index contributed by atoms with van der Waals surface area (Å²) in [5, 5.41) is 9.64. The van der Waals surface area contributed by atoms with Crippen LogP contribution in [0.1, 0.15) is 18.9 Å². The van der Waals surface area contributed by atoms with Gasteiger partial charge in [-0.05, 0) is 40.5 Å². The maximum atomic E-state index is 8.90. The molecule has 0 radical (unpaired) electrons. The second kappa shape index (κ2) is 5.79. The number of nitriles is 1. The molecule has 1 fully saturated rings. The van der Waals surface area contributed by atoms with Crippen molar-refractivity contribution >= 4 is 33.4 Å². The summed E-state index contributed by atoms with van der Waals surface area (Å²) in [5.41, 5.74) is 1.92. The highest BCUT2D eigenvalue weighted by atomic mass is 79.9. The van der Waals surface area contributed by atoms with Crippen molar-refractivity contribution in [1.29, 1.82) is 5.26 Å². The van der Waals surface area contributed by atoms with Gasteiger partial charge in [-0.2, -0.15) is 17.0 Å². The van der Waals surface area contributed by atoms with Crippen LogP contribution in [0, 0.1) is 11.3 Å². The first-order chi connectivity index (χ1) is 8.24. The van der Waals surface area contributed by atoms with Crippen LogP contribution in [0.4, 0.5) is 5.69 Å². The van der Waals surface area contributed by atoms with Crippen LogP contribution in [0.3, 0.4) is 0 Å². The summed E-state index contributed by atoms with van der Waals surface area (Å²) in [5.74, 6) is 1.19. The van der Waals surface area contributed by atoms with Gasteiger partial charge in [0.2, 0.25) is 0 Å². The molecule has 0 spiro atoms. The zero-order valence-electron chi connectivity index (χ0n) is 9.82. The Morgan fingerprint density at radius 1 is 1.59 bits per heavy atom. The van der Waals surface area contributed by atoms with Gasteiger partial charge in [-0.25, -0.2) is 0 Å². The van der Waals surface area contributed by atoms with Gasteiger partial charge < -0.3 is 4.90 Å². The van der Waals surface area contributed by atoms with E-state index in [0.717, 1.165) is 22.8 Å². The lowest BCUT2D eigenvalue weighted by Crippen LogP contribution is -2.37. The average molecular weight is 311 g/mol. The van der Waals surface area contributed by atoms with Gasteiger partial charge in [0.1, 0.15) is 6.07 Å². The van der Waals surface area contributed by atoms with E-state index < -0.39 is 0 Å². The molecule has 1 aliphatic heterocycles. The van der Waals surface area contributed by atoms with Crippen molar-refractivity contribution in [3.8, 4) is 6.07 Å². The number of halogens is 1. The van der Waals surface area contributed by atoms with Crippen LogP contribution in [-0.4, -0.2) is 24.1 Å². The third kappa shape index (κ3) is 2.97. The highest BCUT2D eigenvalue weighted by Gasteiger charge is 2.19. The molecule has 1 unspecified atom stereocenters. The maximum absolute atomic E-state index is 8.90. The summed E-state index contributed by atoms with van der Waals surface area (Å²) < 4.78 is 0.892. The molecule has 1 atom stereocenters. The van der Waals surface area contributed by atoms with Gasteiger partial charge in [0, 0.05) is 34.3 Å². The lowest BCUT2D eigenvalue weighted by Gasteiger charge is -2.33. The Balaban J connectivity index is 2.17. The predicted octanol–water partition coefficient (Wildman–Crippen LogP) is 3.65. The topological polar surface area (TPSA) is 27.0 Å². The summed E-state index contributed by atoms with van der Waals surface area (Å²) in [4.78, 5) is 2.41. The van der Waals surface area contributed by atoms with Gasteiger partial charge in [0.05, 0.1) is 5.56 Å². The third-order valence-corrected chi connectivity index (χ3v) is 5.06. The Hall–Kier alpha value is -0.660. The summed E-state index contributed by atoms with van der Waals surface area (Å²) in [6, 6.07) is 8.17. The summed E-state index contributed by atoms with van der Waals surface area (Å²) >= 11 is 5.52. The number of nitrogens with zero attached hydrogens (tertiary/aromatic N) is 2. The molecule has 0 aromatic heterocycles. The highest BCUT2D eigenvalue weighted by Crippen LogP contribution is 2.28. The largest absolute Gasteiger partial charge is 0.370 e. The quantitative estimate of drug-likeness (QED) is 0.834. The van der Waals surface area contributed by atoms with E-state index in [9.17, 15) is 0 Å². The number of hydrogen-bond acceptors (Lipinski definition) is 3. The van der Waals surface area contributed by atoms with Crippen LogP contribution in [-0.2, 0) is 0 Å². The molecule has 4 heteroatoms. The van der Waals surface area contributed by atoms with E-state index in [0.29, 0.717) is 5.56 Å². The molecule has 2 nitrogen and oxygen atoms in total. The van der Waals surface area contributed by atoms with E-state index in [4.69, 9.17) is 5.26 Å². The molecule has 1 heterocycles. The summed E-state index contributed by atoms with van der Waals surface area (Å²) in [7, 11) is 0. The molecule has 0 saturated carbocycles. The van der Waals surface area contributed by atoms with Crippen molar-refractivity contribution in [2.75, 3.05) is 23.7 Å². The molecular formula is C13H15BrN2S. The van der Waals surface area contributed by atoms with Crippen LogP contribution in [0.15, 0.2) is 22.7 Å². The molecule has 2 rings (SSSR count). The molecule has 90 valence electrons. The number of anilines is 1. The van der Waals surface area contributed by atoms with Gasteiger partial charge >= 0.3 is 0 Å². The Morgan fingerprint density at radius 3 is 3.06 bits per heavy atom. The highest BCUT2D eigenvalue weighted by molar-refractivity contribution is 9.10. The van der Waals surface area contributed by atoms with Gasteiger partial charge in [0.25, 0.3) is 0 Å².